The third kappa shape index (κ3) is 10.5. The maximum atomic E-state index is 11.5. The highest BCUT2D eigenvalue weighted by molar-refractivity contribution is 5.72. The molecular formula is C13H24O6. The van der Waals surface area contributed by atoms with Crippen LogP contribution in [-0.4, -0.2) is 48.6 Å². The highest BCUT2D eigenvalue weighted by Crippen LogP contribution is 2.10. The minimum Gasteiger partial charge on any atom is -0.466 e. The van der Waals surface area contributed by atoms with Gasteiger partial charge in [-0.25, -0.2) is 0 Å². The standard InChI is InChI=1S/C13H24O6/c1-11(13(17)19-10-4-8-15)5-2-6-12(16)18-9-3-7-14/h11,14-15H,2-10H2,1H3. The van der Waals surface area contributed by atoms with E-state index in [1.165, 1.54) is 0 Å². The smallest absolute Gasteiger partial charge is 0.308 e. The van der Waals surface area contributed by atoms with Crippen molar-refractivity contribution in [2.75, 3.05) is 26.4 Å². The van der Waals surface area contributed by atoms with Crippen molar-refractivity contribution >= 4 is 11.9 Å². The van der Waals surface area contributed by atoms with Crippen molar-refractivity contribution in [1.82, 2.24) is 0 Å². The maximum absolute atomic E-state index is 11.5. The van der Waals surface area contributed by atoms with Crippen molar-refractivity contribution in [3.05, 3.63) is 0 Å². The number of hydrogen-bond donors (Lipinski definition) is 2. The van der Waals surface area contributed by atoms with Crippen LogP contribution < -0.4 is 0 Å². The summed E-state index contributed by atoms with van der Waals surface area (Å²) in [4.78, 5) is 22.7. The van der Waals surface area contributed by atoms with E-state index in [-0.39, 0.29) is 50.7 Å². The Morgan fingerprint density at radius 2 is 1.58 bits per heavy atom. The normalized spacial score (nSPS) is 11.9. The van der Waals surface area contributed by atoms with Crippen molar-refractivity contribution in [3.63, 3.8) is 0 Å². The van der Waals surface area contributed by atoms with Crippen LogP contribution in [0.2, 0.25) is 0 Å². The van der Waals surface area contributed by atoms with Crippen LogP contribution in [0.5, 0.6) is 0 Å². The first-order chi connectivity index (χ1) is 9.11. The summed E-state index contributed by atoms with van der Waals surface area (Å²) in [6.07, 6.45) is 2.27. The van der Waals surface area contributed by atoms with Gasteiger partial charge in [-0.05, 0) is 12.8 Å². The van der Waals surface area contributed by atoms with Crippen LogP contribution in [0.25, 0.3) is 0 Å². The molecule has 0 amide bonds. The van der Waals surface area contributed by atoms with Gasteiger partial charge in [0.2, 0.25) is 0 Å². The largest absolute Gasteiger partial charge is 0.466 e. The van der Waals surface area contributed by atoms with Crippen LogP contribution in [0.15, 0.2) is 0 Å². The Morgan fingerprint density at radius 3 is 2.16 bits per heavy atom. The van der Waals surface area contributed by atoms with E-state index in [0.717, 1.165) is 0 Å². The molecule has 0 aliphatic carbocycles. The zero-order chi connectivity index (χ0) is 14.5. The Morgan fingerprint density at radius 1 is 1.00 bits per heavy atom. The van der Waals surface area contributed by atoms with E-state index >= 15 is 0 Å². The fraction of sp³-hybridized carbons (Fsp3) is 0.846. The van der Waals surface area contributed by atoms with Crippen molar-refractivity contribution in [2.45, 2.75) is 39.0 Å². The lowest BCUT2D eigenvalue weighted by Gasteiger charge is -2.10. The van der Waals surface area contributed by atoms with Gasteiger partial charge in [0, 0.05) is 32.5 Å². The number of carbonyl (C=O) groups is 2. The van der Waals surface area contributed by atoms with Crippen LogP contribution in [0, 0.1) is 5.92 Å². The summed E-state index contributed by atoms with van der Waals surface area (Å²) < 4.78 is 9.80. The quantitative estimate of drug-likeness (QED) is 0.425. The van der Waals surface area contributed by atoms with Gasteiger partial charge in [-0.3, -0.25) is 9.59 Å². The fourth-order valence-corrected chi connectivity index (χ4v) is 1.37. The average molecular weight is 276 g/mol. The average Bonchev–Trinajstić information content (AvgIpc) is 2.39. The molecule has 6 nitrogen and oxygen atoms in total. The third-order valence-electron chi connectivity index (χ3n) is 2.53. The van der Waals surface area contributed by atoms with Crippen molar-refractivity contribution in [3.8, 4) is 0 Å². The second-order valence-corrected chi connectivity index (χ2v) is 4.34. The van der Waals surface area contributed by atoms with E-state index in [2.05, 4.69) is 0 Å². The molecule has 1 unspecified atom stereocenters. The minimum atomic E-state index is -0.311. The highest BCUT2D eigenvalue weighted by atomic mass is 16.5. The predicted molar refractivity (Wildman–Crippen MR) is 68.3 cm³/mol. The molecule has 2 N–H and O–H groups in total. The second kappa shape index (κ2) is 11.9. The Bertz CT molecular complexity index is 254. The number of hydrogen-bond acceptors (Lipinski definition) is 6. The molecule has 0 rings (SSSR count). The molecule has 0 saturated carbocycles. The number of ether oxygens (including phenoxy) is 2. The molecule has 0 radical (unpaired) electrons. The van der Waals surface area contributed by atoms with Gasteiger partial charge in [0.1, 0.15) is 0 Å². The van der Waals surface area contributed by atoms with Crippen LogP contribution >= 0.6 is 0 Å². The van der Waals surface area contributed by atoms with E-state index in [1.54, 1.807) is 6.92 Å². The predicted octanol–water partition coefficient (Wildman–Crippen LogP) is 0.644. The third-order valence-corrected chi connectivity index (χ3v) is 2.53. The summed E-state index contributed by atoms with van der Waals surface area (Å²) in [6.45, 7) is 2.21. The molecule has 112 valence electrons. The van der Waals surface area contributed by atoms with Gasteiger partial charge >= 0.3 is 11.9 Å². The van der Waals surface area contributed by atoms with Gasteiger partial charge in [0.05, 0.1) is 19.1 Å². The molecule has 0 aromatic heterocycles. The first-order valence-corrected chi connectivity index (χ1v) is 6.65. The van der Waals surface area contributed by atoms with E-state index in [1.807, 2.05) is 0 Å². The minimum absolute atomic E-state index is 0.00133. The number of aliphatic hydroxyl groups excluding tert-OH is 2. The zero-order valence-corrected chi connectivity index (χ0v) is 11.5. The van der Waals surface area contributed by atoms with E-state index in [4.69, 9.17) is 19.7 Å². The van der Waals surface area contributed by atoms with E-state index in [9.17, 15) is 9.59 Å². The van der Waals surface area contributed by atoms with Gasteiger partial charge in [0.15, 0.2) is 0 Å². The Hall–Kier alpha value is -1.14. The summed E-state index contributed by atoms with van der Waals surface area (Å²) >= 11 is 0. The van der Waals surface area contributed by atoms with Gasteiger partial charge in [-0.2, -0.15) is 0 Å². The number of esters is 2. The van der Waals surface area contributed by atoms with Crippen molar-refractivity contribution < 1.29 is 29.3 Å². The molecular weight excluding hydrogens is 252 g/mol. The summed E-state index contributed by atoms with van der Waals surface area (Å²) in [7, 11) is 0. The van der Waals surface area contributed by atoms with Crippen molar-refractivity contribution in [2.24, 2.45) is 5.92 Å². The van der Waals surface area contributed by atoms with Gasteiger partial charge in [-0.15, -0.1) is 0 Å². The Balaban J connectivity index is 3.58. The Labute approximate surface area is 113 Å². The van der Waals surface area contributed by atoms with Gasteiger partial charge < -0.3 is 19.7 Å². The van der Waals surface area contributed by atoms with E-state index in [0.29, 0.717) is 25.7 Å². The molecule has 0 aliphatic rings. The lowest BCUT2D eigenvalue weighted by atomic mass is 10.0. The molecule has 0 heterocycles. The molecule has 19 heavy (non-hydrogen) atoms. The van der Waals surface area contributed by atoms with Crippen LogP contribution in [0.4, 0.5) is 0 Å². The monoisotopic (exact) mass is 276 g/mol. The molecule has 0 aromatic rings. The van der Waals surface area contributed by atoms with Gasteiger partial charge in [-0.1, -0.05) is 6.92 Å². The maximum Gasteiger partial charge on any atom is 0.308 e. The van der Waals surface area contributed by atoms with Gasteiger partial charge in [0.25, 0.3) is 0 Å². The molecule has 6 heteroatoms. The molecule has 0 spiro atoms. The molecule has 0 saturated heterocycles. The zero-order valence-electron chi connectivity index (χ0n) is 11.5. The van der Waals surface area contributed by atoms with Crippen LogP contribution in [0.3, 0.4) is 0 Å². The topological polar surface area (TPSA) is 93.1 Å². The second-order valence-electron chi connectivity index (χ2n) is 4.34. The first-order valence-electron chi connectivity index (χ1n) is 6.65. The molecule has 0 aromatic carbocycles. The number of rotatable bonds is 11. The molecule has 0 fully saturated rings. The summed E-state index contributed by atoms with van der Waals surface area (Å²) in [5.74, 6) is -0.875. The SMILES string of the molecule is CC(CCCC(=O)OCCCO)C(=O)OCCCO. The number of carbonyl (C=O) groups excluding carboxylic acids is 2. The van der Waals surface area contributed by atoms with Crippen LogP contribution in [0.1, 0.15) is 39.0 Å². The van der Waals surface area contributed by atoms with Crippen LogP contribution in [-0.2, 0) is 19.1 Å². The molecule has 1 atom stereocenters. The van der Waals surface area contributed by atoms with Crippen molar-refractivity contribution in [1.29, 1.82) is 0 Å². The summed E-state index contributed by atoms with van der Waals surface area (Å²) in [6, 6.07) is 0. The Kier molecular flexibility index (Phi) is 11.2. The van der Waals surface area contributed by atoms with E-state index < -0.39 is 0 Å². The molecule has 0 bridgehead atoms. The molecule has 0 aliphatic heterocycles. The fourth-order valence-electron chi connectivity index (χ4n) is 1.37. The lowest BCUT2D eigenvalue weighted by molar-refractivity contribution is -0.149. The summed E-state index contributed by atoms with van der Waals surface area (Å²) in [5, 5.41) is 17.1. The number of aliphatic hydroxyl groups is 2. The first kappa shape index (κ1) is 17.9. The summed E-state index contributed by atoms with van der Waals surface area (Å²) in [5.41, 5.74) is 0. The highest BCUT2D eigenvalue weighted by Gasteiger charge is 2.14. The lowest BCUT2D eigenvalue weighted by Crippen LogP contribution is -2.16.